The molecule has 1 aliphatic heterocycles. The van der Waals surface area contributed by atoms with E-state index in [9.17, 15) is 4.39 Å². The van der Waals surface area contributed by atoms with Crippen molar-refractivity contribution in [3.8, 4) is 23.0 Å². The molecule has 0 saturated carbocycles. The predicted molar refractivity (Wildman–Crippen MR) is 109 cm³/mol. The first-order chi connectivity index (χ1) is 14.3. The van der Waals surface area contributed by atoms with Crippen LogP contribution in [0, 0.1) is 5.82 Å². The van der Waals surface area contributed by atoms with E-state index in [0.717, 1.165) is 22.7 Å². The Bertz CT molecular complexity index is 1260. The molecule has 1 aliphatic rings. The number of hydrogen-bond donors (Lipinski definition) is 0. The summed E-state index contributed by atoms with van der Waals surface area (Å²) < 4.78 is 30.3. The lowest BCUT2D eigenvalue weighted by atomic mass is 10.2. The van der Waals surface area contributed by atoms with E-state index in [-0.39, 0.29) is 18.5 Å². The number of ether oxygens (including phenoxy) is 2. The maximum atomic E-state index is 14.0. The number of oxazole rings is 1. The van der Waals surface area contributed by atoms with Gasteiger partial charge in [-0.2, -0.15) is 0 Å². The molecule has 142 valence electrons. The number of allylic oxidation sites excluding steroid dienone is 1. The number of nitrogens with zero attached hydrogens (tertiary/aromatic N) is 2. The molecule has 0 bridgehead atoms. The maximum Gasteiger partial charge on any atom is 0.231 e. The second kappa shape index (κ2) is 7.24. The van der Waals surface area contributed by atoms with Gasteiger partial charge in [0.05, 0.1) is 11.3 Å². The van der Waals surface area contributed by atoms with Crippen LogP contribution in [0.5, 0.6) is 11.5 Å². The summed E-state index contributed by atoms with van der Waals surface area (Å²) >= 11 is 0. The van der Waals surface area contributed by atoms with E-state index in [1.807, 2.05) is 36.4 Å². The molecule has 0 spiro atoms. The number of aliphatic imine (C=N–C) groups is 1. The lowest BCUT2D eigenvalue weighted by Crippen LogP contribution is -1.92. The fraction of sp³-hybridized carbons (Fsp3) is 0.0435. The molecule has 5 rings (SSSR count). The third-order valence-electron chi connectivity index (χ3n) is 4.47. The van der Waals surface area contributed by atoms with Crippen LogP contribution in [-0.4, -0.2) is 18.0 Å². The van der Waals surface area contributed by atoms with Gasteiger partial charge >= 0.3 is 0 Å². The molecule has 1 aromatic heterocycles. The van der Waals surface area contributed by atoms with E-state index >= 15 is 0 Å². The number of halogens is 1. The van der Waals surface area contributed by atoms with Crippen LogP contribution in [0.25, 0.3) is 28.6 Å². The molecule has 0 unspecified atom stereocenters. The minimum atomic E-state index is -0.369. The number of rotatable bonds is 4. The van der Waals surface area contributed by atoms with E-state index in [1.54, 1.807) is 36.5 Å². The Kier molecular flexibility index (Phi) is 4.29. The molecular weight excluding hydrogens is 371 g/mol. The number of aromatic nitrogens is 1. The standard InChI is InChI=1S/C23H15FN2O3/c24-18-6-2-1-5-17(18)23-26-19-13-16(8-10-20(19)29-23)25-11-3-4-15-7-9-21-22(12-15)28-14-27-21/h1-13H,14H2. The van der Waals surface area contributed by atoms with Gasteiger partial charge in [-0.05, 0) is 54.1 Å². The fourth-order valence-corrected chi connectivity index (χ4v) is 3.05. The highest BCUT2D eigenvalue weighted by Gasteiger charge is 2.13. The van der Waals surface area contributed by atoms with Gasteiger partial charge in [0.1, 0.15) is 11.3 Å². The molecule has 29 heavy (non-hydrogen) atoms. The highest BCUT2D eigenvalue weighted by atomic mass is 19.1. The zero-order chi connectivity index (χ0) is 19.6. The van der Waals surface area contributed by atoms with Gasteiger partial charge in [0.25, 0.3) is 0 Å². The van der Waals surface area contributed by atoms with Gasteiger partial charge in [-0.1, -0.05) is 24.3 Å². The molecule has 0 fully saturated rings. The lowest BCUT2D eigenvalue weighted by Gasteiger charge is -1.96. The quantitative estimate of drug-likeness (QED) is 0.417. The van der Waals surface area contributed by atoms with Crippen molar-refractivity contribution in [1.82, 2.24) is 4.98 Å². The lowest BCUT2D eigenvalue weighted by molar-refractivity contribution is 0.174. The molecule has 0 atom stereocenters. The zero-order valence-corrected chi connectivity index (χ0v) is 15.2. The highest BCUT2D eigenvalue weighted by molar-refractivity contribution is 5.84. The third-order valence-corrected chi connectivity index (χ3v) is 4.47. The van der Waals surface area contributed by atoms with Crippen LogP contribution in [0.1, 0.15) is 5.56 Å². The molecule has 4 aromatic rings. The fourth-order valence-electron chi connectivity index (χ4n) is 3.05. The molecule has 0 aliphatic carbocycles. The minimum absolute atomic E-state index is 0.252. The summed E-state index contributed by atoms with van der Waals surface area (Å²) in [7, 11) is 0. The van der Waals surface area contributed by atoms with Crippen LogP contribution >= 0.6 is 0 Å². The summed E-state index contributed by atoms with van der Waals surface area (Å²) in [6.07, 6.45) is 5.47. The Morgan fingerprint density at radius 2 is 1.86 bits per heavy atom. The Morgan fingerprint density at radius 3 is 2.79 bits per heavy atom. The van der Waals surface area contributed by atoms with Crippen LogP contribution in [0.3, 0.4) is 0 Å². The summed E-state index contributed by atoms with van der Waals surface area (Å²) in [5, 5.41) is 0. The van der Waals surface area contributed by atoms with Crippen molar-refractivity contribution < 1.29 is 18.3 Å². The first-order valence-corrected chi connectivity index (χ1v) is 9.02. The van der Waals surface area contributed by atoms with Crippen molar-refractivity contribution in [3.05, 3.63) is 78.1 Å². The molecular formula is C23H15FN2O3. The number of hydrogen-bond acceptors (Lipinski definition) is 5. The van der Waals surface area contributed by atoms with Crippen molar-refractivity contribution in [3.63, 3.8) is 0 Å². The summed E-state index contributed by atoms with van der Waals surface area (Å²) in [6.45, 7) is 0.257. The van der Waals surface area contributed by atoms with Crippen molar-refractivity contribution in [2.45, 2.75) is 0 Å². The zero-order valence-electron chi connectivity index (χ0n) is 15.2. The monoisotopic (exact) mass is 386 g/mol. The molecule has 6 heteroatoms. The Hall–Kier alpha value is -3.93. The molecule has 0 saturated heterocycles. The van der Waals surface area contributed by atoms with Gasteiger partial charge in [0, 0.05) is 6.21 Å². The first-order valence-electron chi connectivity index (χ1n) is 9.02. The van der Waals surface area contributed by atoms with E-state index in [1.165, 1.54) is 6.07 Å². The second-order valence-corrected chi connectivity index (χ2v) is 6.40. The van der Waals surface area contributed by atoms with E-state index < -0.39 is 0 Å². The third kappa shape index (κ3) is 3.48. The van der Waals surface area contributed by atoms with Gasteiger partial charge in [-0.15, -0.1) is 0 Å². The summed E-state index contributed by atoms with van der Waals surface area (Å²) in [5.41, 5.74) is 3.25. The SMILES string of the molecule is Fc1ccccc1-c1nc2cc(N=CC=Cc3ccc4c(c3)OCO4)ccc2o1. The normalized spacial score (nSPS) is 13.1. The van der Waals surface area contributed by atoms with Crippen molar-refractivity contribution >= 4 is 29.1 Å². The van der Waals surface area contributed by atoms with Crippen LogP contribution in [-0.2, 0) is 0 Å². The Balaban J connectivity index is 1.34. The minimum Gasteiger partial charge on any atom is -0.454 e. The van der Waals surface area contributed by atoms with Gasteiger partial charge in [0.15, 0.2) is 17.1 Å². The van der Waals surface area contributed by atoms with E-state index in [0.29, 0.717) is 16.7 Å². The first kappa shape index (κ1) is 17.2. The highest BCUT2D eigenvalue weighted by Crippen LogP contribution is 2.33. The number of fused-ring (bicyclic) bond motifs is 2. The Morgan fingerprint density at radius 1 is 0.966 bits per heavy atom. The van der Waals surface area contributed by atoms with Crippen LogP contribution in [0.15, 0.2) is 76.1 Å². The van der Waals surface area contributed by atoms with Crippen LogP contribution < -0.4 is 9.47 Å². The second-order valence-electron chi connectivity index (χ2n) is 6.40. The molecule has 2 heterocycles. The summed E-state index contributed by atoms with van der Waals surface area (Å²) in [4.78, 5) is 8.81. The van der Waals surface area contributed by atoms with Gasteiger partial charge < -0.3 is 13.9 Å². The summed E-state index contributed by atoms with van der Waals surface area (Å²) in [5.74, 6) is 1.38. The van der Waals surface area contributed by atoms with Crippen molar-refractivity contribution in [2.75, 3.05) is 6.79 Å². The average Bonchev–Trinajstić information content (AvgIpc) is 3.37. The maximum absolute atomic E-state index is 14.0. The molecule has 0 amide bonds. The van der Waals surface area contributed by atoms with Crippen molar-refractivity contribution in [1.29, 1.82) is 0 Å². The predicted octanol–water partition coefficient (Wildman–Crippen LogP) is 5.78. The van der Waals surface area contributed by atoms with E-state index in [4.69, 9.17) is 13.9 Å². The topological polar surface area (TPSA) is 56.9 Å². The van der Waals surface area contributed by atoms with Gasteiger partial charge in [0.2, 0.25) is 12.7 Å². The summed E-state index contributed by atoms with van der Waals surface area (Å²) in [6, 6.07) is 17.5. The van der Waals surface area contributed by atoms with Gasteiger partial charge in [-0.25, -0.2) is 9.37 Å². The molecule has 5 nitrogen and oxygen atoms in total. The van der Waals surface area contributed by atoms with Crippen LogP contribution in [0.2, 0.25) is 0 Å². The smallest absolute Gasteiger partial charge is 0.231 e. The molecule has 0 radical (unpaired) electrons. The van der Waals surface area contributed by atoms with Gasteiger partial charge in [-0.3, -0.25) is 4.99 Å². The van der Waals surface area contributed by atoms with Crippen molar-refractivity contribution in [2.24, 2.45) is 4.99 Å². The number of benzene rings is 3. The molecule has 3 aromatic carbocycles. The largest absolute Gasteiger partial charge is 0.454 e. The van der Waals surface area contributed by atoms with E-state index in [2.05, 4.69) is 9.98 Å². The average molecular weight is 386 g/mol. The molecule has 0 N–H and O–H groups in total. The van der Waals surface area contributed by atoms with Crippen LogP contribution in [0.4, 0.5) is 10.1 Å². The Labute approximate surface area is 165 Å².